The molecule has 1 aliphatic heterocycles. The summed E-state index contributed by atoms with van der Waals surface area (Å²) >= 11 is 8.74. The van der Waals surface area contributed by atoms with Gasteiger partial charge in [-0.05, 0) is 35.8 Å². The van der Waals surface area contributed by atoms with Crippen molar-refractivity contribution in [3.05, 3.63) is 50.6 Å². The number of carbonyl (C=O) groups is 1. The Kier molecular flexibility index (Phi) is 4.49. The molecule has 1 fully saturated rings. The highest BCUT2D eigenvalue weighted by Crippen LogP contribution is 2.21. The van der Waals surface area contributed by atoms with E-state index in [9.17, 15) is 4.79 Å². The summed E-state index contributed by atoms with van der Waals surface area (Å²) < 4.78 is 4.41. The number of aromatic nitrogens is 1. The molecule has 4 rings (SSSR count). The molecule has 3 heterocycles. The van der Waals surface area contributed by atoms with E-state index in [2.05, 4.69) is 28.8 Å². The monoisotopic (exact) mass is 376 g/mol. The van der Waals surface area contributed by atoms with E-state index in [1.54, 1.807) is 11.3 Å². The summed E-state index contributed by atoms with van der Waals surface area (Å²) in [6.45, 7) is 4.42. The van der Waals surface area contributed by atoms with Crippen LogP contribution in [-0.2, 0) is 6.67 Å². The summed E-state index contributed by atoms with van der Waals surface area (Å²) in [7, 11) is 0. The number of amides is 1. The number of quaternary nitrogens is 1. The molecular formula is C17H18N3OS3+. The molecule has 1 amide bonds. The number of carbonyl (C=O) groups excluding carboxylic acids is 1. The zero-order chi connectivity index (χ0) is 16.5. The number of fused-ring (bicyclic) bond motifs is 1. The van der Waals surface area contributed by atoms with Gasteiger partial charge in [-0.2, -0.15) is 0 Å². The molecule has 0 radical (unpaired) electrons. The van der Waals surface area contributed by atoms with E-state index in [1.807, 2.05) is 22.4 Å². The summed E-state index contributed by atoms with van der Waals surface area (Å²) in [4.78, 5) is 16.7. The van der Waals surface area contributed by atoms with Crippen molar-refractivity contribution in [2.24, 2.45) is 0 Å². The van der Waals surface area contributed by atoms with Crippen molar-refractivity contribution in [3.63, 3.8) is 0 Å². The van der Waals surface area contributed by atoms with Crippen LogP contribution in [0.2, 0.25) is 0 Å². The summed E-state index contributed by atoms with van der Waals surface area (Å²) in [6, 6.07) is 12.2. The lowest BCUT2D eigenvalue weighted by Crippen LogP contribution is -3.14. The van der Waals surface area contributed by atoms with Crippen LogP contribution in [0.4, 0.5) is 0 Å². The van der Waals surface area contributed by atoms with Crippen LogP contribution in [0.3, 0.4) is 0 Å². The Labute approximate surface area is 153 Å². The summed E-state index contributed by atoms with van der Waals surface area (Å²) in [5.41, 5.74) is 1.22. The van der Waals surface area contributed by atoms with Crippen LogP contribution < -0.4 is 4.90 Å². The highest BCUT2D eigenvalue weighted by atomic mass is 32.1. The van der Waals surface area contributed by atoms with Gasteiger partial charge in [-0.1, -0.05) is 18.2 Å². The fourth-order valence-electron chi connectivity index (χ4n) is 3.13. The van der Waals surface area contributed by atoms with Gasteiger partial charge >= 0.3 is 0 Å². The van der Waals surface area contributed by atoms with Crippen LogP contribution in [0, 0.1) is 3.95 Å². The van der Waals surface area contributed by atoms with E-state index in [1.165, 1.54) is 26.5 Å². The first-order valence-electron chi connectivity index (χ1n) is 7.97. The van der Waals surface area contributed by atoms with Gasteiger partial charge in [-0.25, -0.2) is 0 Å². The molecule has 0 unspecified atom stereocenters. The minimum absolute atomic E-state index is 0.168. The summed E-state index contributed by atoms with van der Waals surface area (Å²) in [5.74, 6) is 0.168. The summed E-state index contributed by atoms with van der Waals surface area (Å²) in [6.07, 6.45) is 0. The first-order valence-corrected chi connectivity index (χ1v) is 10.1. The number of nitrogens with one attached hydrogen (secondary N) is 1. The van der Waals surface area contributed by atoms with Crippen LogP contribution in [0.1, 0.15) is 9.67 Å². The van der Waals surface area contributed by atoms with Crippen LogP contribution in [0.15, 0.2) is 41.8 Å². The number of nitrogens with zero attached hydrogens (tertiary/aromatic N) is 2. The van der Waals surface area contributed by atoms with Gasteiger partial charge < -0.3 is 9.80 Å². The number of hydrogen-bond donors (Lipinski definition) is 1. The molecule has 124 valence electrons. The van der Waals surface area contributed by atoms with Gasteiger partial charge in [0, 0.05) is 0 Å². The first kappa shape index (κ1) is 16.0. The largest absolute Gasteiger partial charge is 0.327 e. The Balaban J connectivity index is 1.44. The predicted molar refractivity (Wildman–Crippen MR) is 102 cm³/mol. The fourth-order valence-corrected chi connectivity index (χ4v) is 5.14. The molecule has 0 saturated carbocycles. The average molecular weight is 377 g/mol. The van der Waals surface area contributed by atoms with Crippen LogP contribution >= 0.6 is 34.9 Å². The van der Waals surface area contributed by atoms with Crippen molar-refractivity contribution in [2.75, 3.05) is 26.2 Å². The van der Waals surface area contributed by atoms with Crippen molar-refractivity contribution >= 4 is 51.0 Å². The van der Waals surface area contributed by atoms with Gasteiger partial charge in [-0.15, -0.1) is 22.7 Å². The van der Waals surface area contributed by atoms with Crippen LogP contribution in [-0.4, -0.2) is 41.6 Å². The molecule has 3 aromatic rings. The first-order chi connectivity index (χ1) is 11.7. The molecule has 24 heavy (non-hydrogen) atoms. The zero-order valence-electron chi connectivity index (χ0n) is 13.1. The zero-order valence-corrected chi connectivity index (χ0v) is 15.6. The number of hydrogen-bond acceptors (Lipinski definition) is 4. The molecule has 0 bridgehead atoms. The molecule has 1 aliphatic rings. The lowest BCUT2D eigenvalue weighted by Gasteiger charge is -2.32. The van der Waals surface area contributed by atoms with Gasteiger partial charge in [0.1, 0.15) is 0 Å². The molecule has 2 aromatic heterocycles. The summed E-state index contributed by atoms with van der Waals surface area (Å²) in [5, 5.41) is 1.96. The van der Waals surface area contributed by atoms with E-state index < -0.39 is 0 Å². The molecule has 4 nitrogen and oxygen atoms in total. The van der Waals surface area contributed by atoms with Gasteiger partial charge in [0.15, 0.2) is 10.6 Å². The minimum Gasteiger partial charge on any atom is -0.327 e. The van der Waals surface area contributed by atoms with Crippen molar-refractivity contribution in [3.8, 4) is 0 Å². The van der Waals surface area contributed by atoms with E-state index in [0.29, 0.717) is 0 Å². The Bertz CT molecular complexity index is 905. The van der Waals surface area contributed by atoms with Gasteiger partial charge in [0.2, 0.25) is 0 Å². The van der Waals surface area contributed by atoms with Gasteiger partial charge in [0.25, 0.3) is 5.91 Å². The van der Waals surface area contributed by atoms with E-state index in [0.717, 1.165) is 41.7 Å². The molecule has 7 heteroatoms. The number of piperazine rings is 1. The SMILES string of the molecule is O=C(c1cccs1)N1CC[NH+](Cn2c(=S)sc3ccccc32)CC1. The van der Waals surface area contributed by atoms with Crippen molar-refractivity contribution in [1.82, 2.24) is 9.47 Å². The number of para-hydroxylation sites is 1. The minimum atomic E-state index is 0.168. The third-order valence-electron chi connectivity index (χ3n) is 4.45. The molecule has 0 aliphatic carbocycles. The third kappa shape index (κ3) is 3.04. The van der Waals surface area contributed by atoms with Gasteiger partial charge in [-0.3, -0.25) is 9.36 Å². The fraction of sp³-hybridized carbons (Fsp3) is 0.294. The lowest BCUT2D eigenvalue weighted by molar-refractivity contribution is -0.926. The Morgan fingerprint density at radius 1 is 1.17 bits per heavy atom. The molecule has 1 aromatic carbocycles. The molecule has 0 spiro atoms. The molecular weight excluding hydrogens is 358 g/mol. The van der Waals surface area contributed by atoms with Crippen molar-refractivity contribution in [1.29, 1.82) is 0 Å². The molecule has 1 N–H and O–H groups in total. The van der Waals surface area contributed by atoms with E-state index in [-0.39, 0.29) is 5.91 Å². The smallest absolute Gasteiger partial charge is 0.264 e. The maximum Gasteiger partial charge on any atom is 0.264 e. The normalized spacial score (nSPS) is 15.9. The van der Waals surface area contributed by atoms with E-state index >= 15 is 0 Å². The van der Waals surface area contributed by atoms with Gasteiger partial charge in [0.05, 0.1) is 41.3 Å². The highest BCUT2D eigenvalue weighted by Gasteiger charge is 2.25. The number of benzene rings is 1. The third-order valence-corrected chi connectivity index (χ3v) is 6.73. The average Bonchev–Trinajstić information content (AvgIpc) is 3.24. The Morgan fingerprint density at radius 3 is 2.71 bits per heavy atom. The lowest BCUT2D eigenvalue weighted by atomic mass is 10.3. The Hall–Kier alpha value is -1.54. The maximum atomic E-state index is 12.4. The number of rotatable bonds is 3. The Morgan fingerprint density at radius 2 is 1.96 bits per heavy atom. The quantitative estimate of drug-likeness (QED) is 0.712. The van der Waals surface area contributed by atoms with Crippen LogP contribution in [0.5, 0.6) is 0 Å². The highest BCUT2D eigenvalue weighted by molar-refractivity contribution is 7.73. The molecule has 0 atom stereocenters. The maximum absolute atomic E-state index is 12.4. The second-order valence-corrected chi connectivity index (χ2v) is 8.56. The number of thiazole rings is 1. The topological polar surface area (TPSA) is 29.7 Å². The predicted octanol–water partition coefficient (Wildman–Crippen LogP) is 2.49. The van der Waals surface area contributed by atoms with Crippen molar-refractivity contribution < 1.29 is 9.69 Å². The van der Waals surface area contributed by atoms with E-state index in [4.69, 9.17) is 12.2 Å². The standard InChI is InChI=1S/C17H17N3OS3/c21-16(15-6-3-11-23-15)19-9-7-18(8-10-19)12-20-13-4-1-2-5-14(13)24-17(20)22/h1-6,11H,7-10,12H2/p+1. The second-order valence-electron chi connectivity index (χ2n) is 5.94. The van der Waals surface area contributed by atoms with Crippen molar-refractivity contribution in [2.45, 2.75) is 6.67 Å². The second kappa shape index (κ2) is 6.76. The van der Waals surface area contributed by atoms with Crippen LogP contribution in [0.25, 0.3) is 10.2 Å². The molecule has 1 saturated heterocycles. The number of thiophene rings is 1.